The summed E-state index contributed by atoms with van der Waals surface area (Å²) < 4.78 is 5.33. The van der Waals surface area contributed by atoms with Crippen molar-refractivity contribution in [3.05, 3.63) is 29.8 Å². The van der Waals surface area contributed by atoms with Gasteiger partial charge in [0.1, 0.15) is 5.75 Å². The molecule has 0 aromatic heterocycles. The molecule has 0 unspecified atom stereocenters. The second-order valence-corrected chi connectivity index (χ2v) is 5.67. The minimum atomic E-state index is -0.195. The first-order valence-corrected chi connectivity index (χ1v) is 7.66. The van der Waals surface area contributed by atoms with E-state index in [-0.39, 0.29) is 11.4 Å². The Morgan fingerprint density at radius 1 is 1.30 bits per heavy atom. The molecular weight excluding hydrogens is 250 g/mol. The number of amides is 1. The molecule has 1 aromatic rings. The van der Waals surface area contributed by atoms with Gasteiger partial charge in [0.2, 0.25) is 5.91 Å². The molecule has 1 aliphatic carbocycles. The Balaban J connectivity index is 2.27. The van der Waals surface area contributed by atoms with Gasteiger partial charge in [-0.2, -0.15) is 0 Å². The van der Waals surface area contributed by atoms with E-state index < -0.39 is 0 Å². The van der Waals surface area contributed by atoms with Crippen LogP contribution in [0.1, 0.15) is 57.4 Å². The van der Waals surface area contributed by atoms with Crippen LogP contribution in [-0.4, -0.2) is 13.0 Å². The third-order valence-corrected chi connectivity index (χ3v) is 4.19. The number of carbonyl (C=O) groups excluding carboxylic acids is 1. The van der Waals surface area contributed by atoms with Gasteiger partial charge in [0.25, 0.3) is 0 Å². The van der Waals surface area contributed by atoms with E-state index in [0.29, 0.717) is 6.42 Å². The molecule has 0 spiro atoms. The van der Waals surface area contributed by atoms with Crippen LogP contribution in [-0.2, 0) is 10.3 Å². The molecule has 1 fully saturated rings. The number of carbonyl (C=O) groups is 1. The molecule has 0 aliphatic heterocycles. The summed E-state index contributed by atoms with van der Waals surface area (Å²) in [4.78, 5) is 12.1. The van der Waals surface area contributed by atoms with Crippen LogP contribution in [0.5, 0.6) is 5.75 Å². The maximum Gasteiger partial charge on any atom is 0.220 e. The number of rotatable bonds is 5. The Hall–Kier alpha value is -1.51. The molecule has 1 aromatic carbocycles. The van der Waals surface area contributed by atoms with Crippen LogP contribution in [0.3, 0.4) is 0 Å². The smallest absolute Gasteiger partial charge is 0.220 e. The standard InChI is InChI=1S/C17H25NO2/c1-3-8-16(19)18-17(11-5-4-6-12-17)14-9-7-10-15(13-14)20-2/h7,9-10,13H,3-6,8,11-12H2,1-2H3,(H,18,19). The van der Waals surface area contributed by atoms with Crippen molar-refractivity contribution < 1.29 is 9.53 Å². The van der Waals surface area contributed by atoms with Crippen molar-refractivity contribution in [2.24, 2.45) is 0 Å². The second-order valence-electron chi connectivity index (χ2n) is 5.67. The third-order valence-electron chi connectivity index (χ3n) is 4.19. The first-order valence-electron chi connectivity index (χ1n) is 7.66. The van der Waals surface area contributed by atoms with E-state index in [1.165, 1.54) is 24.8 Å². The van der Waals surface area contributed by atoms with E-state index in [1.807, 2.05) is 19.1 Å². The number of hydrogen-bond acceptors (Lipinski definition) is 2. The summed E-state index contributed by atoms with van der Waals surface area (Å²) in [6, 6.07) is 8.14. The number of hydrogen-bond donors (Lipinski definition) is 1. The molecule has 0 saturated heterocycles. The largest absolute Gasteiger partial charge is 0.497 e. The highest BCUT2D eigenvalue weighted by atomic mass is 16.5. The van der Waals surface area contributed by atoms with E-state index in [2.05, 4.69) is 17.4 Å². The zero-order chi connectivity index (χ0) is 14.4. The monoisotopic (exact) mass is 275 g/mol. The van der Waals surface area contributed by atoms with Crippen LogP contribution >= 0.6 is 0 Å². The molecule has 3 heteroatoms. The van der Waals surface area contributed by atoms with Gasteiger partial charge in [-0.05, 0) is 37.0 Å². The van der Waals surface area contributed by atoms with Crippen molar-refractivity contribution in [2.45, 2.75) is 57.4 Å². The fraction of sp³-hybridized carbons (Fsp3) is 0.588. The average molecular weight is 275 g/mol. The van der Waals surface area contributed by atoms with Gasteiger partial charge >= 0.3 is 0 Å². The number of methoxy groups -OCH3 is 1. The van der Waals surface area contributed by atoms with Crippen LogP contribution in [0, 0.1) is 0 Å². The van der Waals surface area contributed by atoms with E-state index in [1.54, 1.807) is 7.11 Å². The lowest BCUT2D eigenvalue weighted by atomic mass is 9.76. The number of benzene rings is 1. The molecule has 0 heterocycles. The molecule has 110 valence electrons. The summed E-state index contributed by atoms with van der Waals surface area (Å²) in [5, 5.41) is 3.31. The van der Waals surface area contributed by atoms with Crippen LogP contribution in [0.4, 0.5) is 0 Å². The van der Waals surface area contributed by atoms with Crippen LogP contribution < -0.4 is 10.1 Å². The van der Waals surface area contributed by atoms with Gasteiger partial charge in [-0.15, -0.1) is 0 Å². The van der Waals surface area contributed by atoms with E-state index in [4.69, 9.17) is 4.74 Å². The van der Waals surface area contributed by atoms with Crippen molar-refractivity contribution in [2.75, 3.05) is 7.11 Å². The lowest BCUT2D eigenvalue weighted by molar-refractivity contribution is -0.123. The molecule has 1 amide bonds. The van der Waals surface area contributed by atoms with E-state index in [0.717, 1.165) is 25.0 Å². The summed E-state index contributed by atoms with van der Waals surface area (Å²) in [7, 11) is 1.68. The van der Waals surface area contributed by atoms with Gasteiger partial charge in [0.15, 0.2) is 0 Å². The topological polar surface area (TPSA) is 38.3 Å². The Morgan fingerprint density at radius 2 is 2.05 bits per heavy atom. The zero-order valence-electron chi connectivity index (χ0n) is 12.6. The SMILES string of the molecule is CCCC(=O)NC1(c2cccc(OC)c2)CCCCC1. The molecule has 20 heavy (non-hydrogen) atoms. The van der Waals surface area contributed by atoms with Gasteiger partial charge in [0, 0.05) is 6.42 Å². The predicted molar refractivity (Wildman–Crippen MR) is 80.8 cm³/mol. The summed E-state index contributed by atoms with van der Waals surface area (Å²) in [6.07, 6.45) is 7.14. The van der Waals surface area contributed by atoms with Crippen molar-refractivity contribution >= 4 is 5.91 Å². The predicted octanol–water partition coefficient (Wildman–Crippen LogP) is 3.77. The van der Waals surface area contributed by atoms with Gasteiger partial charge in [0.05, 0.1) is 12.6 Å². The minimum absolute atomic E-state index is 0.164. The van der Waals surface area contributed by atoms with E-state index in [9.17, 15) is 4.79 Å². The zero-order valence-corrected chi connectivity index (χ0v) is 12.6. The highest BCUT2D eigenvalue weighted by Crippen LogP contribution is 2.38. The van der Waals surface area contributed by atoms with Gasteiger partial charge in [-0.25, -0.2) is 0 Å². The molecule has 2 rings (SSSR count). The van der Waals surface area contributed by atoms with Gasteiger partial charge in [-0.1, -0.05) is 38.3 Å². The lowest BCUT2D eigenvalue weighted by Crippen LogP contribution is -2.47. The third kappa shape index (κ3) is 3.33. The highest BCUT2D eigenvalue weighted by molar-refractivity contribution is 5.77. The molecule has 3 nitrogen and oxygen atoms in total. The fourth-order valence-electron chi connectivity index (χ4n) is 3.12. The normalized spacial score (nSPS) is 17.5. The van der Waals surface area contributed by atoms with Crippen molar-refractivity contribution in [1.82, 2.24) is 5.32 Å². The van der Waals surface area contributed by atoms with Gasteiger partial charge in [-0.3, -0.25) is 4.79 Å². The first-order chi connectivity index (χ1) is 9.70. The van der Waals surface area contributed by atoms with Crippen molar-refractivity contribution in [3.8, 4) is 5.75 Å². The number of ether oxygens (including phenoxy) is 1. The maximum atomic E-state index is 12.1. The van der Waals surface area contributed by atoms with E-state index >= 15 is 0 Å². The van der Waals surface area contributed by atoms with Crippen molar-refractivity contribution in [1.29, 1.82) is 0 Å². The van der Waals surface area contributed by atoms with Gasteiger partial charge < -0.3 is 10.1 Å². The Morgan fingerprint density at radius 3 is 2.70 bits per heavy atom. The first kappa shape index (κ1) is 14.9. The number of nitrogens with one attached hydrogen (secondary N) is 1. The Bertz CT molecular complexity index is 450. The summed E-state index contributed by atoms with van der Waals surface area (Å²) in [5.74, 6) is 1.02. The Labute approximate surface area is 121 Å². The molecule has 1 saturated carbocycles. The maximum absolute atomic E-state index is 12.1. The summed E-state index contributed by atoms with van der Waals surface area (Å²) >= 11 is 0. The van der Waals surface area contributed by atoms with Crippen molar-refractivity contribution in [3.63, 3.8) is 0 Å². The quantitative estimate of drug-likeness (QED) is 0.888. The summed E-state index contributed by atoms with van der Waals surface area (Å²) in [6.45, 7) is 2.04. The second kappa shape index (κ2) is 6.78. The molecule has 0 atom stereocenters. The summed E-state index contributed by atoms with van der Waals surface area (Å²) in [5.41, 5.74) is 0.986. The average Bonchev–Trinajstić information content (AvgIpc) is 2.48. The van der Waals surface area contributed by atoms with Crippen LogP contribution in [0.2, 0.25) is 0 Å². The molecule has 1 aliphatic rings. The van der Waals surface area contributed by atoms with Crippen LogP contribution in [0.25, 0.3) is 0 Å². The molecular formula is C17H25NO2. The minimum Gasteiger partial charge on any atom is -0.497 e. The molecule has 0 bridgehead atoms. The molecule has 1 N–H and O–H groups in total. The Kier molecular flexibility index (Phi) is 5.05. The molecule has 0 radical (unpaired) electrons. The fourth-order valence-corrected chi connectivity index (χ4v) is 3.12. The van der Waals surface area contributed by atoms with Crippen LogP contribution in [0.15, 0.2) is 24.3 Å². The lowest BCUT2D eigenvalue weighted by Gasteiger charge is -2.39. The highest BCUT2D eigenvalue weighted by Gasteiger charge is 2.35.